The summed E-state index contributed by atoms with van der Waals surface area (Å²) in [5, 5.41) is 4.12. The first-order valence-electron chi connectivity index (χ1n) is 3.68. The zero-order valence-electron chi connectivity index (χ0n) is 6.45. The highest BCUT2D eigenvalue weighted by Crippen LogP contribution is 2.20. The molecule has 2 rings (SSSR count). The van der Waals surface area contributed by atoms with Crippen molar-refractivity contribution >= 4 is 0 Å². The molecule has 1 atom stereocenters. The molecule has 0 saturated carbocycles. The molecule has 0 fully saturated rings. The van der Waals surface area contributed by atoms with Gasteiger partial charge in [-0.3, -0.25) is 0 Å². The zero-order valence-corrected chi connectivity index (χ0v) is 6.45. The fourth-order valence-corrected chi connectivity index (χ4v) is 1.25. The van der Waals surface area contributed by atoms with E-state index >= 15 is 0 Å². The van der Waals surface area contributed by atoms with Crippen LogP contribution in [0.4, 0.5) is 0 Å². The summed E-state index contributed by atoms with van der Waals surface area (Å²) >= 11 is 0. The van der Waals surface area contributed by atoms with Crippen molar-refractivity contribution in [1.82, 2.24) is 9.78 Å². The van der Waals surface area contributed by atoms with Gasteiger partial charge < -0.3 is 10.5 Å². The average molecular weight is 153 g/mol. The van der Waals surface area contributed by atoms with E-state index < -0.39 is 0 Å². The predicted molar refractivity (Wildman–Crippen MR) is 40.4 cm³/mol. The maximum absolute atomic E-state index is 5.67. The maximum Gasteiger partial charge on any atom is 0.214 e. The summed E-state index contributed by atoms with van der Waals surface area (Å²) in [6.07, 6.45) is 1.80. The number of hydrogen-bond acceptors (Lipinski definition) is 3. The molecule has 0 aromatic carbocycles. The molecule has 0 radical (unpaired) electrons. The highest BCUT2D eigenvalue weighted by Gasteiger charge is 2.18. The molecule has 60 valence electrons. The first-order valence-corrected chi connectivity index (χ1v) is 3.68. The number of nitrogens with zero attached hydrogens (tertiary/aromatic N) is 2. The van der Waals surface area contributed by atoms with Crippen molar-refractivity contribution in [3.8, 4) is 5.88 Å². The standard InChI is InChI=1S/C7H11N3O/c1-5-2-9-10-3-6(8)4-11-7(5)10/h2,6H,3-4,8H2,1H3. The Hall–Kier alpha value is -1.03. The van der Waals surface area contributed by atoms with E-state index in [9.17, 15) is 0 Å². The number of hydrogen-bond donors (Lipinski definition) is 1. The highest BCUT2D eigenvalue weighted by atomic mass is 16.5. The second-order valence-electron chi connectivity index (χ2n) is 2.89. The lowest BCUT2D eigenvalue weighted by Crippen LogP contribution is -2.37. The van der Waals surface area contributed by atoms with Gasteiger partial charge in [-0.15, -0.1) is 0 Å². The van der Waals surface area contributed by atoms with Gasteiger partial charge in [-0.2, -0.15) is 5.10 Å². The monoisotopic (exact) mass is 153 g/mol. The van der Waals surface area contributed by atoms with E-state index in [0.29, 0.717) is 6.61 Å². The molecular weight excluding hydrogens is 142 g/mol. The second kappa shape index (κ2) is 2.23. The maximum atomic E-state index is 5.67. The van der Waals surface area contributed by atoms with Crippen LogP contribution < -0.4 is 10.5 Å². The molecule has 2 N–H and O–H groups in total. The highest BCUT2D eigenvalue weighted by molar-refractivity contribution is 5.23. The number of aryl methyl sites for hydroxylation is 1. The number of rotatable bonds is 0. The van der Waals surface area contributed by atoms with E-state index in [-0.39, 0.29) is 6.04 Å². The average Bonchev–Trinajstić information content (AvgIpc) is 2.32. The zero-order chi connectivity index (χ0) is 7.84. The summed E-state index contributed by atoms with van der Waals surface area (Å²) in [5.41, 5.74) is 6.75. The first-order chi connectivity index (χ1) is 5.27. The van der Waals surface area contributed by atoms with Crippen LogP contribution >= 0.6 is 0 Å². The molecule has 0 amide bonds. The Kier molecular flexibility index (Phi) is 1.35. The van der Waals surface area contributed by atoms with Crippen LogP contribution in [0.25, 0.3) is 0 Å². The fraction of sp³-hybridized carbons (Fsp3) is 0.571. The van der Waals surface area contributed by atoms with Crippen LogP contribution in [-0.4, -0.2) is 22.4 Å². The molecule has 0 bridgehead atoms. The van der Waals surface area contributed by atoms with Crippen molar-refractivity contribution in [2.45, 2.75) is 19.5 Å². The number of aromatic nitrogens is 2. The van der Waals surface area contributed by atoms with Crippen LogP contribution in [0.15, 0.2) is 6.20 Å². The van der Waals surface area contributed by atoms with Gasteiger partial charge in [0.2, 0.25) is 5.88 Å². The van der Waals surface area contributed by atoms with E-state index in [1.165, 1.54) is 0 Å². The normalized spacial score (nSPS) is 22.5. The van der Waals surface area contributed by atoms with Crippen molar-refractivity contribution in [3.63, 3.8) is 0 Å². The van der Waals surface area contributed by atoms with Crippen molar-refractivity contribution in [1.29, 1.82) is 0 Å². The van der Waals surface area contributed by atoms with Gasteiger partial charge in [0.25, 0.3) is 0 Å². The van der Waals surface area contributed by atoms with Gasteiger partial charge in [-0.1, -0.05) is 0 Å². The molecule has 0 saturated heterocycles. The molecule has 4 nitrogen and oxygen atoms in total. The van der Waals surface area contributed by atoms with Crippen molar-refractivity contribution in [2.24, 2.45) is 5.73 Å². The summed E-state index contributed by atoms with van der Waals surface area (Å²) in [7, 11) is 0. The number of ether oxygens (including phenoxy) is 1. The third-order valence-corrected chi connectivity index (χ3v) is 1.80. The van der Waals surface area contributed by atoms with Gasteiger partial charge in [0.1, 0.15) is 6.61 Å². The van der Waals surface area contributed by atoms with Crippen LogP contribution in [0.5, 0.6) is 5.88 Å². The van der Waals surface area contributed by atoms with Gasteiger partial charge in [0, 0.05) is 5.56 Å². The van der Waals surface area contributed by atoms with Crippen LogP contribution in [-0.2, 0) is 6.54 Å². The lowest BCUT2D eigenvalue weighted by molar-refractivity contribution is 0.204. The molecule has 1 aromatic rings. The number of fused-ring (bicyclic) bond motifs is 1. The summed E-state index contributed by atoms with van der Waals surface area (Å²) < 4.78 is 7.19. The van der Waals surface area contributed by atoms with E-state index in [2.05, 4.69) is 5.10 Å². The van der Waals surface area contributed by atoms with Crippen LogP contribution in [0.3, 0.4) is 0 Å². The van der Waals surface area contributed by atoms with Gasteiger partial charge in [-0.25, -0.2) is 4.68 Å². The molecule has 0 spiro atoms. The third kappa shape index (κ3) is 0.991. The minimum Gasteiger partial charge on any atom is -0.476 e. The molecule has 4 heteroatoms. The van der Waals surface area contributed by atoms with E-state index in [4.69, 9.17) is 10.5 Å². The second-order valence-corrected chi connectivity index (χ2v) is 2.89. The fourth-order valence-electron chi connectivity index (χ4n) is 1.25. The molecule has 1 unspecified atom stereocenters. The minimum absolute atomic E-state index is 0.0850. The van der Waals surface area contributed by atoms with E-state index in [1.807, 2.05) is 11.6 Å². The van der Waals surface area contributed by atoms with Gasteiger partial charge in [-0.05, 0) is 6.92 Å². The quantitative estimate of drug-likeness (QED) is 0.566. The molecule has 0 aliphatic carbocycles. The Bertz CT molecular complexity index is 269. The van der Waals surface area contributed by atoms with E-state index in [1.54, 1.807) is 6.20 Å². The molecule has 2 heterocycles. The van der Waals surface area contributed by atoms with Crippen molar-refractivity contribution < 1.29 is 4.74 Å². The molecular formula is C7H11N3O. The summed E-state index contributed by atoms with van der Waals surface area (Å²) in [5.74, 6) is 0.867. The summed E-state index contributed by atoms with van der Waals surface area (Å²) in [6.45, 7) is 3.35. The third-order valence-electron chi connectivity index (χ3n) is 1.80. The molecule has 1 aliphatic rings. The van der Waals surface area contributed by atoms with Gasteiger partial charge in [0.05, 0.1) is 18.8 Å². The Labute approximate surface area is 64.9 Å². The van der Waals surface area contributed by atoms with Crippen LogP contribution in [0, 0.1) is 6.92 Å². The van der Waals surface area contributed by atoms with Crippen LogP contribution in [0.1, 0.15) is 5.56 Å². The lowest BCUT2D eigenvalue weighted by atomic mass is 10.3. The Morgan fingerprint density at radius 1 is 1.82 bits per heavy atom. The molecule has 1 aromatic heterocycles. The largest absolute Gasteiger partial charge is 0.476 e. The summed E-state index contributed by atoms with van der Waals surface area (Å²) in [6, 6.07) is 0.0850. The number of nitrogens with two attached hydrogens (primary N) is 1. The van der Waals surface area contributed by atoms with E-state index in [0.717, 1.165) is 18.0 Å². The Balaban J connectivity index is 2.36. The predicted octanol–water partition coefficient (Wildman–Crippen LogP) is -0.0888. The van der Waals surface area contributed by atoms with Crippen molar-refractivity contribution in [3.05, 3.63) is 11.8 Å². The first kappa shape index (κ1) is 6.67. The van der Waals surface area contributed by atoms with Crippen LogP contribution in [0.2, 0.25) is 0 Å². The van der Waals surface area contributed by atoms with Crippen molar-refractivity contribution in [2.75, 3.05) is 6.61 Å². The molecule has 11 heavy (non-hydrogen) atoms. The summed E-state index contributed by atoms with van der Waals surface area (Å²) in [4.78, 5) is 0. The molecule has 1 aliphatic heterocycles. The SMILES string of the molecule is Cc1cnn2c1OCC(N)C2. The topological polar surface area (TPSA) is 53.1 Å². The van der Waals surface area contributed by atoms with Gasteiger partial charge in [0.15, 0.2) is 0 Å². The van der Waals surface area contributed by atoms with Gasteiger partial charge >= 0.3 is 0 Å². The Morgan fingerprint density at radius 2 is 2.64 bits per heavy atom. The lowest BCUT2D eigenvalue weighted by Gasteiger charge is -2.20. The smallest absolute Gasteiger partial charge is 0.214 e. The minimum atomic E-state index is 0.0850. The Morgan fingerprint density at radius 3 is 3.45 bits per heavy atom.